The summed E-state index contributed by atoms with van der Waals surface area (Å²) in [7, 11) is 0. The van der Waals surface area contributed by atoms with E-state index in [9.17, 15) is 0 Å². The maximum atomic E-state index is 5.63. The van der Waals surface area contributed by atoms with Gasteiger partial charge in [-0.1, -0.05) is 41.6 Å². The molecule has 0 aliphatic carbocycles. The lowest BCUT2D eigenvalue weighted by molar-refractivity contribution is 0.285. The molecular formula is C18H17N3O2. The second kappa shape index (κ2) is 6.12. The molecule has 1 aliphatic heterocycles. The second-order valence-corrected chi connectivity index (χ2v) is 5.51. The van der Waals surface area contributed by atoms with Gasteiger partial charge in [-0.25, -0.2) is 0 Å². The summed E-state index contributed by atoms with van der Waals surface area (Å²) in [5, 5.41) is 3.99. The molecule has 0 saturated carbocycles. The van der Waals surface area contributed by atoms with Crippen molar-refractivity contribution in [2.24, 2.45) is 0 Å². The minimum atomic E-state index is 0.310. The molecule has 1 aliphatic rings. The highest BCUT2D eigenvalue weighted by atomic mass is 16.5. The van der Waals surface area contributed by atoms with Gasteiger partial charge in [-0.3, -0.25) is 0 Å². The highest BCUT2D eigenvalue weighted by Crippen LogP contribution is 2.28. The van der Waals surface area contributed by atoms with Crippen molar-refractivity contribution in [3.63, 3.8) is 0 Å². The maximum absolute atomic E-state index is 5.63. The maximum Gasteiger partial charge on any atom is 0.246 e. The molecule has 0 fully saturated rings. The van der Waals surface area contributed by atoms with E-state index in [0.717, 1.165) is 18.7 Å². The van der Waals surface area contributed by atoms with Crippen molar-refractivity contribution in [1.82, 2.24) is 10.1 Å². The monoisotopic (exact) mass is 307 g/mol. The van der Waals surface area contributed by atoms with Crippen LogP contribution in [0, 0.1) is 0 Å². The molecule has 0 atom stereocenters. The third-order valence-electron chi connectivity index (χ3n) is 3.93. The van der Waals surface area contributed by atoms with E-state index >= 15 is 0 Å². The molecule has 0 radical (unpaired) electrons. The van der Waals surface area contributed by atoms with Crippen molar-refractivity contribution in [1.29, 1.82) is 0 Å². The molecule has 0 saturated heterocycles. The van der Waals surface area contributed by atoms with Crippen LogP contribution in [0.5, 0.6) is 5.75 Å². The van der Waals surface area contributed by atoms with Gasteiger partial charge in [-0.05, 0) is 30.2 Å². The Morgan fingerprint density at radius 3 is 2.78 bits per heavy atom. The summed E-state index contributed by atoms with van der Waals surface area (Å²) in [5.41, 5.74) is 2.63. The highest BCUT2D eigenvalue weighted by molar-refractivity contribution is 5.57. The van der Waals surface area contributed by atoms with Gasteiger partial charge < -0.3 is 14.2 Å². The van der Waals surface area contributed by atoms with E-state index in [1.54, 1.807) is 0 Å². The van der Waals surface area contributed by atoms with Crippen molar-refractivity contribution < 1.29 is 9.26 Å². The van der Waals surface area contributed by atoms with Gasteiger partial charge >= 0.3 is 0 Å². The molecule has 4 rings (SSSR count). The lowest BCUT2D eigenvalue weighted by Crippen LogP contribution is -2.19. The zero-order chi connectivity index (χ0) is 15.5. The minimum absolute atomic E-state index is 0.310. The summed E-state index contributed by atoms with van der Waals surface area (Å²) in [6.07, 6.45) is 1.06. The summed E-state index contributed by atoms with van der Waals surface area (Å²) in [6.45, 7) is 1.93. The Morgan fingerprint density at radius 1 is 1.04 bits per heavy atom. The fourth-order valence-electron chi connectivity index (χ4n) is 2.81. The Labute approximate surface area is 134 Å². The van der Waals surface area contributed by atoms with Crippen LogP contribution in [0.1, 0.15) is 17.3 Å². The highest BCUT2D eigenvalue weighted by Gasteiger charge is 2.20. The third kappa shape index (κ3) is 3.04. The molecular weight excluding hydrogens is 290 g/mol. The molecule has 0 amide bonds. The van der Waals surface area contributed by atoms with Gasteiger partial charge in [-0.15, -0.1) is 0 Å². The molecule has 23 heavy (non-hydrogen) atoms. The topological polar surface area (TPSA) is 51.4 Å². The summed E-state index contributed by atoms with van der Waals surface area (Å²) in [4.78, 5) is 6.69. The number of hydrogen-bond acceptors (Lipinski definition) is 5. The predicted molar refractivity (Wildman–Crippen MR) is 86.3 cm³/mol. The first-order chi connectivity index (χ1) is 11.4. The van der Waals surface area contributed by atoms with Crippen molar-refractivity contribution in [2.75, 3.05) is 11.4 Å². The average molecular weight is 307 g/mol. The van der Waals surface area contributed by atoms with Crippen molar-refractivity contribution >= 4 is 5.69 Å². The number of hydrogen-bond donors (Lipinski definition) is 0. The first-order valence-electron chi connectivity index (χ1n) is 7.71. The van der Waals surface area contributed by atoms with E-state index in [1.807, 2.05) is 30.3 Å². The Hall–Kier alpha value is -2.82. The molecule has 0 N–H and O–H groups in total. The number of para-hydroxylation sites is 2. The summed E-state index contributed by atoms with van der Waals surface area (Å²) >= 11 is 0. The fraction of sp³-hybridized carbons (Fsp3) is 0.222. The zero-order valence-corrected chi connectivity index (χ0v) is 12.7. The fourth-order valence-corrected chi connectivity index (χ4v) is 2.81. The van der Waals surface area contributed by atoms with E-state index in [0.29, 0.717) is 24.9 Å². The van der Waals surface area contributed by atoms with Crippen LogP contribution in [0.15, 0.2) is 59.1 Å². The van der Waals surface area contributed by atoms with Crippen molar-refractivity contribution in [3.8, 4) is 5.75 Å². The Bertz CT molecular complexity index is 786. The Kier molecular flexibility index (Phi) is 3.68. The van der Waals surface area contributed by atoms with Crippen LogP contribution in [0.25, 0.3) is 0 Å². The number of ether oxygens (including phenoxy) is 1. The number of rotatable bonds is 5. The lowest BCUT2D eigenvalue weighted by Gasteiger charge is -2.16. The number of aromatic nitrogens is 2. The van der Waals surface area contributed by atoms with Gasteiger partial charge in [0, 0.05) is 12.2 Å². The molecule has 3 aromatic rings. The molecule has 1 aromatic heterocycles. The number of anilines is 1. The SMILES string of the molecule is c1ccc(OCc2noc(CN3CCc4ccccc43)n2)cc1. The van der Waals surface area contributed by atoms with Crippen LogP contribution in [0.4, 0.5) is 5.69 Å². The zero-order valence-electron chi connectivity index (χ0n) is 12.7. The van der Waals surface area contributed by atoms with Gasteiger partial charge in [-0.2, -0.15) is 4.98 Å². The second-order valence-electron chi connectivity index (χ2n) is 5.51. The van der Waals surface area contributed by atoms with E-state index in [2.05, 4.69) is 39.3 Å². The van der Waals surface area contributed by atoms with Crippen LogP contribution in [-0.2, 0) is 19.6 Å². The van der Waals surface area contributed by atoms with Crippen LogP contribution in [0.3, 0.4) is 0 Å². The van der Waals surface area contributed by atoms with Gasteiger partial charge in [0.15, 0.2) is 6.61 Å². The smallest absolute Gasteiger partial charge is 0.246 e. The van der Waals surface area contributed by atoms with Crippen LogP contribution in [-0.4, -0.2) is 16.7 Å². The third-order valence-corrected chi connectivity index (χ3v) is 3.93. The molecule has 0 spiro atoms. The van der Waals surface area contributed by atoms with Gasteiger partial charge in [0.2, 0.25) is 11.7 Å². The van der Waals surface area contributed by atoms with Crippen molar-refractivity contribution in [2.45, 2.75) is 19.6 Å². The van der Waals surface area contributed by atoms with Crippen molar-refractivity contribution in [3.05, 3.63) is 71.9 Å². The normalized spacial score (nSPS) is 13.1. The van der Waals surface area contributed by atoms with Crippen LogP contribution >= 0.6 is 0 Å². The summed E-state index contributed by atoms with van der Waals surface area (Å²) < 4.78 is 11.0. The summed E-state index contributed by atoms with van der Waals surface area (Å²) in [6, 6.07) is 18.1. The molecule has 0 unspecified atom stereocenters. The summed E-state index contributed by atoms with van der Waals surface area (Å²) in [5.74, 6) is 1.98. The average Bonchev–Trinajstić information content (AvgIpc) is 3.22. The lowest BCUT2D eigenvalue weighted by atomic mass is 10.2. The predicted octanol–water partition coefficient (Wildman–Crippen LogP) is 3.21. The Balaban J connectivity index is 1.39. The minimum Gasteiger partial charge on any atom is -0.485 e. The van der Waals surface area contributed by atoms with Gasteiger partial charge in [0.05, 0.1) is 6.54 Å². The number of benzene rings is 2. The van der Waals surface area contributed by atoms with E-state index in [1.165, 1.54) is 11.3 Å². The quantitative estimate of drug-likeness (QED) is 0.724. The standard InChI is InChI=1S/C18H17N3O2/c1-2-7-15(8-3-1)22-13-17-19-18(23-20-17)12-21-11-10-14-6-4-5-9-16(14)21/h1-9H,10-13H2. The molecule has 5 heteroatoms. The van der Waals surface area contributed by atoms with Crippen LogP contribution < -0.4 is 9.64 Å². The van der Waals surface area contributed by atoms with Gasteiger partial charge in [0.25, 0.3) is 0 Å². The van der Waals surface area contributed by atoms with Gasteiger partial charge in [0.1, 0.15) is 5.75 Å². The molecule has 116 valence electrons. The Morgan fingerprint density at radius 2 is 1.87 bits per heavy atom. The molecule has 2 heterocycles. The molecule has 0 bridgehead atoms. The van der Waals surface area contributed by atoms with E-state index in [-0.39, 0.29) is 0 Å². The molecule has 5 nitrogen and oxygen atoms in total. The van der Waals surface area contributed by atoms with E-state index < -0.39 is 0 Å². The van der Waals surface area contributed by atoms with E-state index in [4.69, 9.17) is 9.26 Å². The first-order valence-corrected chi connectivity index (χ1v) is 7.71. The molecule has 2 aromatic carbocycles. The first kappa shape index (κ1) is 13.8. The number of fused-ring (bicyclic) bond motifs is 1. The number of nitrogens with zero attached hydrogens (tertiary/aromatic N) is 3. The van der Waals surface area contributed by atoms with Crippen LogP contribution in [0.2, 0.25) is 0 Å². The largest absolute Gasteiger partial charge is 0.485 e.